The van der Waals surface area contributed by atoms with E-state index in [9.17, 15) is 4.79 Å². The highest BCUT2D eigenvalue weighted by atomic mass is 16.2. The number of hydrogen-bond acceptors (Lipinski definition) is 2. The molecule has 0 atom stereocenters. The van der Waals surface area contributed by atoms with Crippen LogP contribution in [0.1, 0.15) is 66.3 Å². The van der Waals surface area contributed by atoms with Crippen LogP contribution < -0.4 is 0 Å². The first-order valence-corrected chi connectivity index (χ1v) is 9.50. The number of aryl methyl sites for hydroxylation is 3. The minimum Gasteiger partial charge on any atom is -0.330 e. The highest BCUT2D eigenvalue weighted by molar-refractivity contribution is 5.93. The van der Waals surface area contributed by atoms with Crippen molar-refractivity contribution in [3.63, 3.8) is 0 Å². The van der Waals surface area contributed by atoms with E-state index >= 15 is 0 Å². The van der Waals surface area contributed by atoms with E-state index in [4.69, 9.17) is 0 Å². The molecular formula is C21H29N3O. The van der Waals surface area contributed by atoms with Crippen molar-refractivity contribution in [3.8, 4) is 0 Å². The molecule has 134 valence electrons. The van der Waals surface area contributed by atoms with Gasteiger partial charge in [0.1, 0.15) is 5.69 Å². The molecule has 1 amide bonds. The van der Waals surface area contributed by atoms with Crippen molar-refractivity contribution in [2.75, 3.05) is 0 Å². The van der Waals surface area contributed by atoms with Gasteiger partial charge in [0.2, 0.25) is 0 Å². The van der Waals surface area contributed by atoms with Crippen molar-refractivity contribution in [1.82, 2.24) is 14.7 Å². The maximum atomic E-state index is 13.4. The van der Waals surface area contributed by atoms with E-state index in [-0.39, 0.29) is 5.91 Å². The molecule has 4 heteroatoms. The lowest BCUT2D eigenvalue weighted by Crippen LogP contribution is -2.42. The zero-order valence-electron chi connectivity index (χ0n) is 15.7. The maximum Gasteiger partial charge on any atom is 0.272 e. The van der Waals surface area contributed by atoms with Crippen LogP contribution in [0.3, 0.4) is 0 Å². The molecule has 2 aromatic rings. The van der Waals surface area contributed by atoms with Gasteiger partial charge in [0, 0.05) is 19.1 Å². The molecule has 1 aromatic carbocycles. The Balaban J connectivity index is 1.92. The van der Waals surface area contributed by atoms with Crippen molar-refractivity contribution in [1.29, 1.82) is 0 Å². The van der Waals surface area contributed by atoms with Crippen LogP contribution in [0.5, 0.6) is 0 Å². The molecule has 0 aliphatic heterocycles. The summed E-state index contributed by atoms with van der Waals surface area (Å²) in [6, 6.07) is 10.6. The lowest BCUT2D eigenvalue weighted by atomic mass is 9.93. The number of amides is 1. The van der Waals surface area contributed by atoms with Crippen LogP contribution in [0.4, 0.5) is 0 Å². The van der Waals surface area contributed by atoms with Gasteiger partial charge in [-0.05, 0) is 50.8 Å². The Morgan fingerprint density at radius 3 is 2.60 bits per heavy atom. The predicted octanol–water partition coefficient (Wildman–Crippen LogP) is 4.49. The summed E-state index contributed by atoms with van der Waals surface area (Å²) in [6.07, 6.45) is 5.94. The van der Waals surface area contributed by atoms with Gasteiger partial charge in [-0.1, -0.05) is 43.5 Å². The van der Waals surface area contributed by atoms with Gasteiger partial charge >= 0.3 is 0 Å². The van der Waals surface area contributed by atoms with Crippen molar-refractivity contribution in [2.45, 2.75) is 72.0 Å². The smallest absolute Gasteiger partial charge is 0.272 e. The average Bonchev–Trinajstić information content (AvgIpc) is 3.02. The summed E-state index contributed by atoms with van der Waals surface area (Å²) in [5.41, 5.74) is 4.11. The summed E-state index contributed by atoms with van der Waals surface area (Å²) < 4.78 is 1.84. The van der Waals surface area contributed by atoms with E-state index in [0.29, 0.717) is 12.6 Å². The first kappa shape index (κ1) is 17.7. The maximum absolute atomic E-state index is 13.4. The van der Waals surface area contributed by atoms with Crippen LogP contribution in [0.15, 0.2) is 30.3 Å². The highest BCUT2D eigenvalue weighted by Crippen LogP contribution is 2.26. The fourth-order valence-corrected chi connectivity index (χ4v) is 3.84. The topological polar surface area (TPSA) is 38.1 Å². The number of nitrogens with zero attached hydrogens (tertiary/aromatic N) is 3. The van der Waals surface area contributed by atoms with Gasteiger partial charge < -0.3 is 4.90 Å². The van der Waals surface area contributed by atoms with Crippen LogP contribution in [-0.2, 0) is 13.1 Å². The summed E-state index contributed by atoms with van der Waals surface area (Å²) in [6.45, 7) is 7.52. The van der Waals surface area contributed by atoms with Crippen molar-refractivity contribution >= 4 is 5.91 Å². The van der Waals surface area contributed by atoms with Gasteiger partial charge in [-0.15, -0.1) is 0 Å². The van der Waals surface area contributed by atoms with Gasteiger partial charge in [0.15, 0.2) is 0 Å². The lowest BCUT2D eigenvalue weighted by Gasteiger charge is -2.35. The Bertz CT molecular complexity index is 728. The van der Waals surface area contributed by atoms with E-state index in [1.807, 2.05) is 24.6 Å². The minimum atomic E-state index is 0.123. The fraction of sp³-hybridized carbons (Fsp3) is 0.524. The quantitative estimate of drug-likeness (QED) is 0.804. The largest absolute Gasteiger partial charge is 0.330 e. The summed E-state index contributed by atoms with van der Waals surface area (Å²) in [4.78, 5) is 15.5. The molecule has 4 nitrogen and oxygen atoms in total. The molecule has 0 saturated heterocycles. The molecule has 1 aromatic heterocycles. The second kappa shape index (κ2) is 7.85. The molecule has 1 aliphatic rings. The molecular weight excluding hydrogens is 310 g/mol. The molecule has 0 radical (unpaired) electrons. The molecule has 3 rings (SSSR count). The van der Waals surface area contributed by atoms with Crippen molar-refractivity contribution < 1.29 is 4.79 Å². The van der Waals surface area contributed by atoms with E-state index in [0.717, 1.165) is 30.8 Å². The Hall–Kier alpha value is -2.10. The fourth-order valence-electron chi connectivity index (χ4n) is 3.84. The molecule has 0 bridgehead atoms. The average molecular weight is 339 g/mol. The molecule has 0 unspecified atom stereocenters. The lowest BCUT2D eigenvalue weighted by molar-refractivity contribution is 0.0601. The molecule has 0 spiro atoms. The third-order valence-electron chi connectivity index (χ3n) is 5.30. The third kappa shape index (κ3) is 3.94. The Morgan fingerprint density at radius 2 is 1.92 bits per heavy atom. The number of carbonyl (C=O) groups excluding carboxylic acids is 1. The second-order valence-electron chi connectivity index (χ2n) is 7.14. The van der Waals surface area contributed by atoms with Crippen molar-refractivity contribution in [3.05, 3.63) is 52.8 Å². The predicted molar refractivity (Wildman–Crippen MR) is 101 cm³/mol. The summed E-state index contributed by atoms with van der Waals surface area (Å²) in [5.74, 6) is 0.123. The number of benzene rings is 1. The zero-order valence-corrected chi connectivity index (χ0v) is 15.7. The van der Waals surface area contributed by atoms with E-state index in [2.05, 4.69) is 41.2 Å². The van der Waals surface area contributed by atoms with Crippen LogP contribution in [0.2, 0.25) is 0 Å². The summed E-state index contributed by atoms with van der Waals surface area (Å²) in [7, 11) is 0. The van der Waals surface area contributed by atoms with E-state index < -0.39 is 0 Å². The number of hydrogen-bond donors (Lipinski definition) is 0. The van der Waals surface area contributed by atoms with Gasteiger partial charge in [0.05, 0.1) is 5.69 Å². The Kier molecular flexibility index (Phi) is 5.57. The van der Waals surface area contributed by atoms with Crippen LogP contribution in [0, 0.1) is 13.8 Å². The molecule has 1 saturated carbocycles. The first-order chi connectivity index (χ1) is 12.1. The standard InChI is InChI=1S/C21H29N3O/c1-4-24-20(14-17(3)22-24)21(25)23(19-12-6-5-7-13-19)15-18-11-9-8-10-16(18)2/h8-11,14,19H,4-7,12-13,15H2,1-3H3. The third-order valence-corrected chi connectivity index (χ3v) is 5.30. The normalized spacial score (nSPS) is 15.3. The monoisotopic (exact) mass is 339 g/mol. The summed E-state index contributed by atoms with van der Waals surface area (Å²) in [5, 5.41) is 4.47. The molecule has 0 N–H and O–H groups in total. The van der Waals surface area contributed by atoms with Crippen LogP contribution in [0.25, 0.3) is 0 Å². The number of aromatic nitrogens is 2. The Morgan fingerprint density at radius 1 is 1.20 bits per heavy atom. The minimum absolute atomic E-state index is 0.123. The number of carbonyl (C=O) groups is 1. The van der Waals surface area contributed by atoms with Gasteiger partial charge in [-0.3, -0.25) is 9.48 Å². The van der Waals surface area contributed by atoms with Gasteiger partial charge in [-0.25, -0.2) is 0 Å². The first-order valence-electron chi connectivity index (χ1n) is 9.50. The van der Waals surface area contributed by atoms with E-state index in [1.165, 1.54) is 30.4 Å². The molecule has 1 aliphatic carbocycles. The zero-order chi connectivity index (χ0) is 17.8. The summed E-state index contributed by atoms with van der Waals surface area (Å²) >= 11 is 0. The van der Waals surface area contributed by atoms with Crippen LogP contribution >= 0.6 is 0 Å². The SMILES string of the molecule is CCn1nc(C)cc1C(=O)N(Cc1ccccc1C)C1CCCCC1. The molecule has 1 heterocycles. The second-order valence-corrected chi connectivity index (χ2v) is 7.14. The van der Waals surface area contributed by atoms with Gasteiger partial charge in [-0.2, -0.15) is 5.10 Å². The van der Waals surface area contributed by atoms with E-state index in [1.54, 1.807) is 0 Å². The molecule has 25 heavy (non-hydrogen) atoms. The molecule has 1 fully saturated rings. The van der Waals surface area contributed by atoms with Crippen molar-refractivity contribution in [2.24, 2.45) is 0 Å². The van der Waals surface area contributed by atoms with Gasteiger partial charge in [0.25, 0.3) is 5.91 Å². The number of rotatable bonds is 5. The highest BCUT2D eigenvalue weighted by Gasteiger charge is 2.28. The van der Waals surface area contributed by atoms with Crippen LogP contribution in [-0.4, -0.2) is 26.6 Å². The Labute approximate surface area is 150 Å².